The molecule has 5 nitrogen and oxygen atoms in total. The van der Waals surface area contributed by atoms with Crippen LogP contribution in [0.15, 0.2) is 54.6 Å². The smallest absolute Gasteiger partial charge is 0.322 e. The maximum atomic E-state index is 13.3. The number of hydrogen-bond acceptors (Lipinski definition) is 3. The minimum atomic E-state index is 0.0373. The Morgan fingerprint density at radius 3 is 2.43 bits per heavy atom. The lowest BCUT2D eigenvalue weighted by Gasteiger charge is -2.38. The number of amides is 2. The fourth-order valence-electron chi connectivity index (χ4n) is 4.71. The van der Waals surface area contributed by atoms with Crippen LogP contribution in [-0.4, -0.2) is 61.1 Å². The van der Waals surface area contributed by atoms with Crippen LogP contribution in [0.4, 0.5) is 16.2 Å². The van der Waals surface area contributed by atoms with Gasteiger partial charge in [0.1, 0.15) is 0 Å². The number of carbonyl (C=O) groups is 1. The Bertz CT molecular complexity index is 817. The third kappa shape index (κ3) is 4.96. The summed E-state index contributed by atoms with van der Waals surface area (Å²) in [6.45, 7) is 8.30. The van der Waals surface area contributed by atoms with Crippen LogP contribution < -0.4 is 10.2 Å². The van der Waals surface area contributed by atoms with Crippen molar-refractivity contribution in [2.75, 3.05) is 49.5 Å². The van der Waals surface area contributed by atoms with Gasteiger partial charge in [-0.3, -0.25) is 0 Å². The second-order valence-corrected chi connectivity index (χ2v) is 8.40. The fourth-order valence-corrected chi connectivity index (χ4v) is 4.71. The van der Waals surface area contributed by atoms with Gasteiger partial charge in [-0.25, -0.2) is 4.79 Å². The number of piperidine rings is 1. The van der Waals surface area contributed by atoms with E-state index in [0.29, 0.717) is 0 Å². The molecule has 1 unspecified atom stereocenters. The molecule has 5 heteroatoms. The molecule has 4 rings (SSSR count). The van der Waals surface area contributed by atoms with Crippen molar-refractivity contribution < 1.29 is 4.79 Å². The van der Waals surface area contributed by atoms with Gasteiger partial charge in [0.2, 0.25) is 0 Å². The molecule has 2 fully saturated rings. The van der Waals surface area contributed by atoms with E-state index >= 15 is 0 Å². The first-order valence-corrected chi connectivity index (χ1v) is 11.4. The molecule has 0 spiro atoms. The maximum Gasteiger partial charge on any atom is 0.322 e. The van der Waals surface area contributed by atoms with Gasteiger partial charge in [-0.05, 0) is 49.9 Å². The topological polar surface area (TPSA) is 38.8 Å². The van der Waals surface area contributed by atoms with Crippen molar-refractivity contribution >= 4 is 17.4 Å². The standard InChI is InChI=1S/C25H34N4O/c1-2-27-16-18-28(19-17-27)24-14-7-6-13-23(24)26-25(30)29-15-9-8-12-22(29)20-21-10-4-3-5-11-21/h3-7,10-11,13-14,22H,2,8-9,12,15-20H2,1H3,(H,26,30). The van der Waals surface area contributed by atoms with Crippen LogP contribution in [0.2, 0.25) is 0 Å². The summed E-state index contributed by atoms with van der Waals surface area (Å²) in [4.78, 5) is 20.2. The van der Waals surface area contributed by atoms with Gasteiger partial charge < -0.3 is 20.0 Å². The number of benzene rings is 2. The van der Waals surface area contributed by atoms with Crippen molar-refractivity contribution in [3.05, 3.63) is 60.2 Å². The fraction of sp³-hybridized carbons (Fsp3) is 0.480. The molecule has 0 radical (unpaired) electrons. The van der Waals surface area contributed by atoms with Crippen LogP contribution in [0.5, 0.6) is 0 Å². The van der Waals surface area contributed by atoms with Gasteiger partial charge in [0, 0.05) is 38.8 Å². The molecule has 160 valence electrons. The van der Waals surface area contributed by atoms with Gasteiger partial charge in [0.25, 0.3) is 0 Å². The van der Waals surface area contributed by atoms with E-state index in [1.165, 1.54) is 12.0 Å². The monoisotopic (exact) mass is 406 g/mol. The van der Waals surface area contributed by atoms with E-state index in [1.54, 1.807) is 0 Å². The minimum absolute atomic E-state index is 0.0373. The summed E-state index contributed by atoms with van der Waals surface area (Å²) in [5.74, 6) is 0. The second kappa shape index (κ2) is 9.98. The number of urea groups is 1. The second-order valence-electron chi connectivity index (χ2n) is 8.40. The summed E-state index contributed by atoms with van der Waals surface area (Å²) in [5.41, 5.74) is 3.37. The molecule has 0 saturated carbocycles. The van der Waals surface area contributed by atoms with E-state index in [9.17, 15) is 4.79 Å². The molecule has 0 bridgehead atoms. The Hall–Kier alpha value is -2.53. The van der Waals surface area contributed by atoms with Crippen molar-refractivity contribution in [1.82, 2.24) is 9.80 Å². The maximum absolute atomic E-state index is 13.3. The lowest BCUT2D eigenvalue weighted by atomic mass is 9.96. The third-order valence-corrected chi connectivity index (χ3v) is 6.51. The van der Waals surface area contributed by atoms with Gasteiger partial charge >= 0.3 is 6.03 Å². The predicted molar refractivity (Wildman–Crippen MR) is 124 cm³/mol. The van der Waals surface area contributed by atoms with Crippen molar-refractivity contribution in [3.8, 4) is 0 Å². The number of nitrogens with zero attached hydrogens (tertiary/aromatic N) is 3. The molecule has 0 aromatic heterocycles. The number of nitrogens with one attached hydrogen (secondary N) is 1. The van der Waals surface area contributed by atoms with Crippen LogP contribution in [0, 0.1) is 0 Å². The van der Waals surface area contributed by atoms with Gasteiger partial charge in [-0.1, -0.05) is 49.4 Å². The summed E-state index contributed by atoms with van der Waals surface area (Å²) in [7, 11) is 0. The van der Waals surface area contributed by atoms with Gasteiger partial charge in [-0.15, -0.1) is 0 Å². The van der Waals surface area contributed by atoms with Gasteiger partial charge in [0.05, 0.1) is 11.4 Å². The van der Waals surface area contributed by atoms with E-state index in [0.717, 1.165) is 69.9 Å². The highest BCUT2D eigenvalue weighted by Crippen LogP contribution is 2.28. The highest BCUT2D eigenvalue weighted by molar-refractivity contribution is 5.93. The lowest BCUT2D eigenvalue weighted by Crippen LogP contribution is -2.48. The molecule has 2 amide bonds. The average Bonchev–Trinajstić information content (AvgIpc) is 2.80. The molecule has 2 aliphatic rings. The van der Waals surface area contributed by atoms with Crippen molar-refractivity contribution in [3.63, 3.8) is 0 Å². The van der Waals surface area contributed by atoms with E-state index in [-0.39, 0.29) is 12.1 Å². The molecule has 1 atom stereocenters. The lowest BCUT2D eigenvalue weighted by molar-refractivity contribution is 0.162. The largest absolute Gasteiger partial charge is 0.367 e. The summed E-state index contributed by atoms with van der Waals surface area (Å²) in [6, 6.07) is 19.1. The van der Waals surface area contributed by atoms with Crippen LogP contribution in [0.25, 0.3) is 0 Å². The average molecular weight is 407 g/mol. The molecule has 2 aliphatic heterocycles. The molecule has 2 heterocycles. The Kier molecular flexibility index (Phi) is 6.90. The molecule has 30 heavy (non-hydrogen) atoms. The summed E-state index contributed by atoms with van der Waals surface area (Å²) < 4.78 is 0. The first-order valence-electron chi connectivity index (χ1n) is 11.4. The van der Waals surface area contributed by atoms with Gasteiger partial charge in [-0.2, -0.15) is 0 Å². The molecule has 2 aromatic rings. The zero-order valence-electron chi connectivity index (χ0n) is 18.1. The summed E-state index contributed by atoms with van der Waals surface area (Å²) in [5, 5.41) is 3.25. The van der Waals surface area contributed by atoms with Crippen molar-refractivity contribution in [2.24, 2.45) is 0 Å². The van der Waals surface area contributed by atoms with E-state index in [1.807, 2.05) is 18.2 Å². The van der Waals surface area contributed by atoms with Crippen LogP contribution in [-0.2, 0) is 6.42 Å². The SMILES string of the molecule is CCN1CCN(c2ccccc2NC(=O)N2CCCCC2Cc2ccccc2)CC1. The Balaban J connectivity index is 1.45. The Morgan fingerprint density at radius 2 is 1.67 bits per heavy atom. The predicted octanol–water partition coefficient (Wildman–Crippen LogP) is 4.46. The number of likely N-dealkylation sites (tertiary alicyclic amines) is 1. The van der Waals surface area contributed by atoms with Crippen LogP contribution in [0.1, 0.15) is 31.7 Å². The quantitative estimate of drug-likeness (QED) is 0.797. The van der Waals surface area contributed by atoms with E-state index < -0.39 is 0 Å². The number of piperazine rings is 1. The van der Waals surface area contributed by atoms with Crippen molar-refractivity contribution in [1.29, 1.82) is 0 Å². The first-order chi connectivity index (χ1) is 14.7. The summed E-state index contributed by atoms with van der Waals surface area (Å²) >= 11 is 0. The zero-order chi connectivity index (χ0) is 20.8. The van der Waals surface area contributed by atoms with E-state index in [4.69, 9.17) is 0 Å². The Labute approximate surface area is 180 Å². The van der Waals surface area contributed by atoms with Gasteiger partial charge in [0.15, 0.2) is 0 Å². The molecule has 2 saturated heterocycles. The van der Waals surface area contributed by atoms with E-state index in [2.05, 4.69) is 63.3 Å². The zero-order valence-corrected chi connectivity index (χ0v) is 18.1. The normalized spacial score (nSPS) is 20.2. The molecular formula is C25H34N4O. The number of para-hydroxylation sites is 2. The molecular weight excluding hydrogens is 372 g/mol. The number of likely N-dealkylation sites (N-methyl/N-ethyl adjacent to an activating group) is 1. The summed E-state index contributed by atoms with van der Waals surface area (Å²) in [6.07, 6.45) is 4.27. The van der Waals surface area contributed by atoms with Crippen molar-refractivity contribution in [2.45, 2.75) is 38.6 Å². The highest BCUT2D eigenvalue weighted by Gasteiger charge is 2.28. The minimum Gasteiger partial charge on any atom is -0.367 e. The third-order valence-electron chi connectivity index (χ3n) is 6.51. The number of carbonyl (C=O) groups excluding carboxylic acids is 1. The molecule has 0 aliphatic carbocycles. The number of anilines is 2. The highest BCUT2D eigenvalue weighted by atomic mass is 16.2. The van der Waals surface area contributed by atoms with Crippen LogP contribution >= 0.6 is 0 Å². The first kappa shape index (κ1) is 20.7. The Morgan fingerprint density at radius 1 is 0.933 bits per heavy atom. The molecule has 2 aromatic carbocycles. The number of rotatable bonds is 5. The van der Waals surface area contributed by atoms with Crippen LogP contribution in [0.3, 0.4) is 0 Å². The molecule has 1 N–H and O–H groups in total. The number of hydrogen-bond donors (Lipinski definition) is 1.